The molecule has 210 valence electrons. The number of esters is 1. The van der Waals surface area contributed by atoms with Crippen LogP contribution in [0.3, 0.4) is 0 Å². The van der Waals surface area contributed by atoms with Crippen molar-refractivity contribution in [2.24, 2.45) is 0 Å². The van der Waals surface area contributed by atoms with Gasteiger partial charge < -0.3 is 10.1 Å². The number of piperazine rings is 1. The van der Waals surface area contributed by atoms with E-state index in [-0.39, 0.29) is 22.1 Å². The third-order valence-corrected chi connectivity index (χ3v) is 9.08. The molecule has 0 aliphatic carbocycles. The van der Waals surface area contributed by atoms with Gasteiger partial charge in [0.15, 0.2) is 0 Å². The van der Waals surface area contributed by atoms with Gasteiger partial charge in [-0.05, 0) is 53.6 Å². The summed E-state index contributed by atoms with van der Waals surface area (Å²) in [6, 6.07) is 32.9. The Bertz CT molecular complexity index is 1560. The maximum atomic E-state index is 13.5. The molecular formula is C32H31N3O5S. The van der Waals surface area contributed by atoms with Crippen molar-refractivity contribution in [3.8, 4) is 0 Å². The van der Waals surface area contributed by atoms with E-state index in [4.69, 9.17) is 4.74 Å². The first kappa shape index (κ1) is 28.2. The van der Waals surface area contributed by atoms with Crippen LogP contribution in [-0.2, 0) is 14.8 Å². The molecule has 0 unspecified atom stereocenters. The molecule has 0 radical (unpaired) electrons. The van der Waals surface area contributed by atoms with E-state index in [2.05, 4.69) is 34.5 Å². The van der Waals surface area contributed by atoms with Crippen LogP contribution in [-0.4, -0.2) is 62.8 Å². The summed E-state index contributed by atoms with van der Waals surface area (Å²) in [6.07, 6.45) is 0. The number of anilines is 1. The zero-order valence-corrected chi connectivity index (χ0v) is 23.5. The van der Waals surface area contributed by atoms with Crippen LogP contribution >= 0.6 is 0 Å². The van der Waals surface area contributed by atoms with Crippen LogP contribution in [0.2, 0.25) is 0 Å². The van der Waals surface area contributed by atoms with Crippen molar-refractivity contribution in [3.63, 3.8) is 0 Å². The summed E-state index contributed by atoms with van der Waals surface area (Å²) in [4.78, 5) is 27.0. The van der Waals surface area contributed by atoms with Gasteiger partial charge in [0.25, 0.3) is 5.91 Å². The Balaban J connectivity index is 1.25. The molecule has 4 aromatic rings. The summed E-state index contributed by atoms with van der Waals surface area (Å²) in [5.74, 6) is -0.959. The van der Waals surface area contributed by atoms with Crippen LogP contribution in [0.25, 0.3) is 0 Å². The van der Waals surface area contributed by atoms with Gasteiger partial charge in [0, 0.05) is 37.4 Å². The molecule has 1 saturated heterocycles. The van der Waals surface area contributed by atoms with Gasteiger partial charge >= 0.3 is 5.97 Å². The number of benzene rings is 4. The number of rotatable bonds is 8. The van der Waals surface area contributed by atoms with Crippen LogP contribution in [0.1, 0.15) is 37.9 Å². The van der Waals surface area contributed by atoms with Gasteiger partial charge in [-0.15, -0.1) is 0 Å². The SMILES string of the molecule is COC(=O)c1cccc(C(=O)Nc2ccc(S(=O)(=O)N3CCN(C(c4ccccc4)c4ccccc4)CC3)cc2)c1. The molecule has 1 amide bonds. The van der Waals surface area contributed by atoms with Gasteiger partial charge in [0.2, 0.25) is 10.0 Å². The average Bonchev–Trinajstić information content (AvgIpc) is 3.02. The zero-order chi connectivity index (χ0) is 28.8. The normalized spacial score (nSPS) is 14.5. The molecular weight excluding hydrogens is 538 g/mol. The number of amides is 1. The highest BCUT2D eigenvalue weighted by Gasteiger charge is 2.32. The minimum Gasteiger partial charge on any atom is -0.465 e. The van der Waals surface area contributed by atoms with E-state index in [1.54, 1.807) is 30.3 Å². The van der Waals surface area contributed by atoms with Crippen molar-refractivity contribution in [2.75, 3.05) is 38.6 Å². The minimum absolute atomic E-state index is 0.0402. The van der Waals surface area contributed by atoms with E-state index in [1.165, 1.54) is 40.7 Å². The molecule has 1 aliphatic rings. The first-order valence-electron chi connectivity index (χ1n) is 13.3. The second-order valence-electron chi connectivity index (χ2n) is 9.71. The number of methoxy groups -OCH3 is 1. The first-order chi connectivity index (χ1) is 19.9. The summed E-state index contributed by atoms with van der Waals surface area (Å²) in [5, 5.41) is 2.74. The number of sulfonamides is 1. The number of nitrogens with zero attached hydrogens (tertiary/aromatic N) is 2. The Labute approximate surface area is 240 Å². The van der Waals surface area contributed by atoms with E-state index in [9.17, 15) is 18.0 Å². The number of ether oxygens (including phenoxy) is 1. The quantitative estimate of drug-likeness (QED) is 0.306. The zero-order valence-electron chi connectivity index (χ0n) is 22.6. The number of carbonyl (C=O) groups excluding carboxylic acids is 2. The molecule has 1 fully saturated rings. The van der Waals surface area contributed by atoms with Gasteiger partial charge in [-0.3, -0.25) is 9.69 Å². The lowest BCUT2D eigenvalue weighted by atomic mass is 9.96. The lowest BCUT2D eigenvalue weighted by Gasteiger charge is -2.39. The molecule has 5 rings (SSSR count). The van der Waals surface area contributed by atoms with Crippen LogP contribution in [0.5, 0.6) is 0 Å². The van der Waals surface area contributed by atoms with E-state index >= 15 is 0 Å². The molecule has 1 aliphatic heterocycles. The summed E-state index contributed by atoms with van der Waals surface area (Å²) < 4.78 is 33.2. The van der Waals surface area contributed by atoms with Crippen LogP contribution in [0.4, 0.5) is 5.69 Å². The standard InChI is InChI=1S/C32H31N3O5S/c1-40-32(37)27-14-8-13-26(23-27)31(36)33-28-15-17-29(18-16-28)41(38,39)35-21-19-34(20-22-35)30(24-9-4-2-5-10-24)25-11-6-3-7-12-25/h2-18,23,30H,19-22H2,1H3,(H,33,36). The lowest BCUT2D eigenvalue weighted by molar-refractivity contribution is 0.0600. The average molecular weight is 570 g/mol. The summed E-state index contributed by atoms with van der Waals surface area (Å²) in [6.45, 7) is 1.92. The van der Waals surface area contributed by atoms with Crippen molar-refractivity contribution in [3.05, 3.63) is 131 Å². The van der Waals surface area contributed by atoms with Crippen LogP contribution in [0.15, 0.2) is 114 Å². The maximum Gasteiger partial charge on any atom is 0.337 e. The molecule has 4 aromatic carbocycles. The monoisotopic (exact) mass is 569 g/mol. The van der Waals surface area contributed by atoms with E-state index in [1.807, 2.05) is 36.4 Å². The van der Waals surface area contributed by atoms with Gasteiger partial charge in [0.05, 0.1) is 23.6 Å². The van der Waals surface area contributed by atoms with E-state index in [0.717, 1.165) is 0 Å². The Morgan fingerprint density at radius 1 is 0.732 bits per heavy atom. The number of hydrogen-bond acceptors (Lipinski definition) is 6. The van der Waals surface area contributed by atoms with Gasteiger partial charge in [-0.1, -0.05) is 66.7 Å². The van der Waals surface area contributed by atoms with Gasteiger partial charge in [-0.25, -0.2) is 13.2 Å². The van der Waals surface area contributed by atoms with Crippen LogP contribution in [0, 0.1) is 0 Å². The Kier molecular flexibility index (Phi) is 8.58. The highest BCUT2D eigenvalue weighted by molar-refractivity contribution is 7.89. The molecule has 1 heterocycles. The molecule has 0 aromatic heterocycles. The lowest BCUT2D eigenvalue weighted by Crippen LogP contribution is -2.49. The van der Waals surface area contributed by atoms with Crippen molar-refractivity contribution >= 4 is 27.6 Å². The van der Waals surface area contributed by atoms with Crippen molar-refractivity contribution < 1.29 is 22.7 Å². The molecule has 9 heteroatoms. The number of nitrogens with one attached hydrogen (secondary N) is 1. The van der Waals surface area contributed by atoms with Crippen molar-refractivity contribution in [1.29, 1.82) is 0 Å². The van der Waals surface area contributed by atoms with Crippen molar-refractivity contribution in [1.82, 2.24) is 9.21 Å². The molecule has 0 atom stereocenters. The third-order valence-electron chi connectivity index (χ3n) is 7.16. The molecule has 41 heavy (non-hydrogen) atoms. The molecule has 0 spiro atoms. The summed E-state index contributed by atoms with van der Waals surface area (Å²) in [5.41, 5.74) is 3.33. The Hall–Kier alpha value is -4.31. The molecule has 0 bridgehead atoms. The predicted octanol–water partition coefficient (Wildman–Crippen LogP) is 4.82. The van der Waals surface area contributed by atoms with E-state index < -0.39 is 21.9 Å². The Morgan fingerprint density at radius 2 is 1.29 bits per heavy atom. The number of hydrogen-bond donors (Lipinski definition) is 1. The smallest absolute Gasteiger partial charge is 0.337 e. The number of carbonyl (C=O) groups is 2. The minimum atomic E-state index is -3.71. The molecule has 1 N–H and O–H groups in total. The fourth-order valence-electron chi connectivity index (χ4n) is 5.05. The van der Waals surface area contributed by atoms with Gasteiger partial charge in [-0.2, -0.15) is 4.31 Å². The highest BCUT2D eigenvalue weighted by Crippen LogP contribution is 2.30. The third kappa shape index (κ3) is 6.38. The molecule has 8 nitrogen and oxygen atoms in total. The Morgan fingerprint density at radius 3 is 1.85 bits per heavy atom. The predicted molar refractivity (Wildman–Crippen MR) is 157 cm³/mol. The van der Waals surface area contributed by atoms with Gasteiger partial charge in [0.1, 0.15) is 0 Å². The summed E-state index contributed by atoms with van der Waals surface area (Å²) >= 11 is 0. The first-order valence-corrected chi connectivity index (χ1v) is 14.7. The second-order valence-corrected chi connectivity index (χ2v) is 11.7. The van der Waals surface area contributed by atoms with Crippen molar-refractivity contribution in [2.45, 2.75) is 10.9 Å². The molecule has 0 saturated carbocycles. The highest BCUT2D eigenvalue weighted by atomic mass is 32.2. The summed E-state index contributed by atoms with van der Waals surface area (Å²) in [7, 11) is -2.44. The fourth-order valence-corrected chi connectivity index (χ4v) is 6.48. The second kappa shape index (κ2) is 12.5. The van der Waals surface area contributed by atoms with Crippen LogP contribution < -0.4 is 5.32 Å². The topological polar surface area (TPSA) is 96.0 Å². The van der Waals surface area contributed by atoms with E-state index in [0.29, 0.717) is 31.9 Å². The largest absolute Gasteiger partial charge is 0.465 e. The fraction of sp³-hybridized carbons (Fsp3) is 0.188. The maximum absolute atomic E-state index is 13.5.